The minimum Gasteiger partial charge on any atom is -0.479 e. The summed E-state index contributed by atoms with van der Waals surface area (Å²) in [6.45, 7) is 2.07. The maximum absolute atomic E-state index is 10.2. The minimum atomic E-state index is -1.81. The molecule has 0 bridgehead atoms. The molecule has 0 rings (SSSR count). The zero-order valence-electron chi connectivity index (χ0n) is 8.23. The Morgan fingerprint density at radius 2 is 2.00 bits per heavy atom. The van der Waals surface area contributed by atoms with Crippen molar-refractivity contribution in [2.75, 3.05) is 0 Å². The minimum absolute atomic E-state index is 0.622. The summed E-state index contributed by atoms with van der Waals surface area (Å²) in [5.74, 6) is 3.47. The Hall–Kier alpha value is -1.05. The average Bonchev–Trinajstić information content (AvgIpc) is 2.16. The fraction of sp³-hybridized carbons (Fsp3) is 0.700. The molecular formula is C10H16O4. The number of rotatable bonds is 5. The van der Waals surface area contributed by atoms with Gasteiger partial charge in [-0.25, -0.2) is 4.79 Å². The molecule has 0 radical (unpaired) electrons. The molecule has 4 heteroatoms. The molecule has 0 fully saturated rings. The van der Waals surface area contributed by atoms with Gasteiger partial charge in [-0.15, -0.1) is 5.92 Å². The van der Waals surface area contributed by atoms with Crippen molar-refractivity contribution in [2.24, 2.45) is 0 Å². The first kappa shape index (κ1) is 12.9. The summed E-state index contributed by atoms with van der Waals surface area (Å²) in [6.07, 6.45) is 0.396. The van der Waals surface area contributed by atoms with Crippen LogP contribution in [0.3, 0.4) is 0 Å². The smallest absolute Gasteiger partial charge is 0.336 e. The zero-order valence-corrected chi connectivity index (χ0v) is 8.23. The number of carbonyl (C=O) groups is 1. The summed E-state index contributed by atoms with van der Waals surface area (Å²) >= 11 is 0. The van der Waals surface area contributed by atoms with Gasteiger partial charge in [-0.3, -0.25) is 0 Å². The molecule has 0 aromatic rings. The van der Waals surface area contributed by atoms with Gasteiger partial charge in [-0.1, -0.05) is 25.7 Å². The lowest BCUT2D eigenvalue weighted by atomic mass is 10.2. The van der Waals surface area contributed by atoms with Gasteiger partial charge in [-0.2, -0.15) is 0 Å². The molecular weight excluding hydrogens is 184 g/mol. The number of aliphatic carboxylic acids is 1. The van der Waals surface area contributed by atoms with E-state index < -0.39 is 18.2 Å². The maximum atomic E-state index is 10.2. The molecule has 4 nitrogen and oxygen atoms in total. The summed E-state index contributed by atoms with van der Waals surface area (Å²) in [7, 11) is 0. The first-order valence-electron chi connectivity index (χ1n) is 4.67. The number of hydrogen-bond donors (Lipinski definition) is 3. The van der Waals surface area contributed by atoms with Crippen molar-refractivity contribution in [3.05, 3.63) is 0 Å². The maximum Gasteiger partial charge on any atom is 0.336 e. The third-order valence-corrected chi connectivity index (χ3v) is 1.71. The van der Waals surface area contributed by atoms with E-state index in [0.717, 1.165) is 19.3 Å². The second-order valence-corrected chi connectivity index (χ2v) is 3.01. The Morgan fingerprint density at radius 3 is 2.50 bits per heavy atom. The number of carboxylic acid groups (broad SMARTS) is 1. The summed E-state index contributed by atoms with van der Waals surface area (Å²) in [5, 5.41) is 26.2. The molecule has 2 atom stereocenters. The number of unbranched alkanes of at least 4 members (excludes halogenated alkanes) is 3. The molecule has 0 aliphatic heterocycles. The summed E-state index contributed by atoms with van der Waals surface area (Å²) in [6, 6.07) is 0. The number of carboxylic acids is 1. The third kappa shape index (κ3) is 5.57. The van der Waals surface area contributed by atoms with Crippen LogP contribution < -0.4 is 0 Å². The van der Waals surface area contributed by atoms with E-state index in [9.17, 15) is 4.79 Å². The Labute approximate surface area is 83.6 Å². The summed E-state index contributed by atoms with van der Waals surface area (Å²) in [5.41, 5.74) is 0. The van der Waals surface area contributed by atoms with Gasteiger partial charge in [0, 0.05) is 6.42 Å². The van der Waals surface area contributed by atoms with Gasteiger partial charge < -0.3 is 15.3 Å². The molecule has 0 aliphatic carbocycles. The molecule has 0 aliphatic rings. The molecule has 0 spiro atoms. The molecule has 0 heterocycles. The fourth-order valence-corrected chi connectivity index (χ4v) is 0.854. The van der Waals surface area contributed by atoms with Gasteiger partial charge in [0.1, 0.15) is 0 Å². The molecule has 3 N–H and O–H groups in total. The highest BCUT2D eigenvalue weighted by Crippen LogP contribution is 1.98. The Kier molecular flexibility index (Phi) is 6.81. The zero-order chi connectivity index (χ0) is 11.0. The number of aliphatic hydroxyl groups excluding tert-OH is 2. The third-order valence-electron chi connectivity index (χ3n) is 1.71. The Balaban J connectivity index is 3.79. The van der Waals surface area contributed by atoms with Crippen molar-refractivity contribution in [2.45, 2.75) is 44.8 Å². The predicted octanol–water partition coefficient (Wildman–Crippen LogP) is 0.377. The number of hydrogen-bond acceptors (Lipinski definition) is 3. The number of aliphatic hydroxyl groups is 2. The van der Waals surface area contributed by atoms with Crippen LogP contribution in [0.5, 0.6) is 0 Å². The van der Waals surface area contributed by atoms with Crippen LogP contribution in [0.4, 0.5) is 0 Å². The first-order valence-corrected chi connectivity index (χ1v) is 4.67. The van der Waals surface area contributed by atoms with E-state index in [0.29, 0.717) is 6.42 Å². The van der Waals surface area contributed by atoms with Crippen molar-refractivity contribution >= 4 is 5.97 Å². The van der Waals surface area contributed by atoms with Gasteiger partial charge in [0.25, 0.3) is 0 Å². The fourth-order valence-electron chi connectivity index (χ4n) is 0.854. The van der Waals surface area contributed by atoms with Gasteiger partial charge in [0.05, 0.1) is 0 Å². The average molecular weight is 200 g/mol. The monoisotopic (exact) mass is 200 g/mol. The summed E-state index contributed by atoms with van der Waals surface area (Å²) < 4.78 is 0. The van der Waals surface area contributed by atoms with Crippen molar-refractivity contribution in [1.29, 1.82) is 0 Å². The van der Waals surface area contributed by atoms with E-state index in [1.54, 1.807) is 0 Å². The standard InChI is InChI=1S/C10H16O4/c1-2-3-4-5-6-7-8(11)9(12)10(13)14/h8-9,11-12H,2-5H2,1H3,(H,13,14)/t8-,9+/m0/s1. The van der Waals surface area contributed by atoms with Gasteiger partial charge >= 0.3 is 5.97 Å². The largest absolute Gasteiger partial charge is 0.479 e. The second kappa shape index (κ2) is 7.36. The van der Waals surface area contributed by atoms with E-state index in [1.807, 2.05) is 0 Å². The van der Waals surface area contributed by atoms with Crippen LogP contribution in [0.25, 0.3) is 0 Å². The van der Waals surface area contributed by atoms with E-state index >= 15 is 0 Å². The molecule has 0 aromatic carbocycles. The highest BCUT2D eigenvalue weighted by molar-refractivity contribution is 5.73. The van der Waals surface area contributed by atoms with Crippen molar-refractivity contribution < 1.29 is 20.1 Å². The van der Waals surface area contributed by atoms with Crippen LogP contribution in [0, 0.1) is 11.8 Å². The molecule has 0 saturated carbocycles. The normalized spacial score (nSPS) is 13.9. The van der Waals surface area contributed by atoms with Gasteiger partial charge in [0.2, 0.25) is 0 Å². The van der Waals surface area contributed by atoms with E-state index in [1.165, 1.54) is 0 Å². The van der Waals surface area contributed by atoms with Crippen molar-refractivity contribution in [3.63, 3.8) is 0 Å². The quantitative estimate of drug-likeness (QED) is 0.443. The van der Waals surface area contributed by atoms with Crippen LogP contribution in [0.15, 0.2) is 0 Å². The van der Waals surface area contributed by atoms with E-state index in [2.05, 4.69) is 18.8 Å². The predicted molar refractivity (Wildman–Crippen MR) is 51.6 cm³/mol. The van der Waals surface area contributed by atoms with Crippen LogP contribution in [0.1, 0.15) is 32.6 Å². The van der Waals surface area contributed by atoms with Gasteiger partial charge in [-0.05, 0) is 6.42 Å². The molecule has 0 unspecified atom stereocenters. The molecule has 80 valence electrons. The van der Waals surface area contributed by atoms with Crippen LogP contribution in [-0.2, 0) is 4.79 Å². The molecule has 0 saturated heterocycles. The lowest BCUT2D eigenvalue weighted by Gasteiger charge is -2.06. The van der Waals surface area contributed by atoms with E-state index in [-0.39, 0.29) is 0 Å². The van der Waals surface area contributed by atoms with Gasteiger partial charge in [0.15, 0.2) is 12.2 Å². The molecule has 14 heavy (non-hydrogen) atoms. The Morgan fingerprint density at radius 1 is 1.36 bits per heavy atom. The summed E-state index contributed by atoms with van der Waals surface area (Å²) in [4.78, 5) is 10.2. The molecule has 0 amide bonds. The SMILES string of the molecule is CCCCCC#C[C@H](O)[C@@H](O)C(=O)O. The lowest BCUT2D eigenvalue weighted by Crippen LogP contribution is -2.32. The Bertz CT molecular complexity index is 226. The lowest BCUT2D eigenvalue weighted by molar-refractivity contribution is -0.150. The van der Waals surface area contributed by atoms with Crippen molar-refractivity contribution in [1.82, 2.24) is 0 Å². The highest BCUT2D eigenvalue weighted by atomic mass is 16.4. The van der Waals surface area contributed by atoms with Crippen LogP contribution >= 0.6 is 0 Å². The van der Waals surface area contributed by atoms with E-state index in [4.69, 9.17) is 15.3 Å². The highest BCUT2D eigenvalue weighted by Gasteiger charge is 2.21. The second-order valence-electron chi connectivity index (χ2n) is 3.01. The van der Waals surface area contributed by atoms with Crippen LogP contribution in [0.2, 0.25) is 0 Å². The van der Waals surface area contributed by atoms with Crippen molar-refractivity contribution in [3.8, 4) is 11.8 Å². The van der Waals surface area contributed by atoms with Crippen LogP contribution in [-0.4, -0.2) is 33.5 Å². The first-order chi connectivity index (χ1) is 6.59. The topological polar surface area (TPSA) is 77.8 Å². The molecule has 0 aromatic heterocycles.